The summed E-state index contributed by atoms with van der Waals surface area (Å²) in [6.45, 7) is 7.61. The monoisotopic (exact) mass is 358 g/mol. The molecule has 0 bridgehead atoms. The van der Waals surface area contributed by atoms with Gasteiger partial charge in [-0.1, -0.05) is 38.1 Å². The first kappa shape index (κ1) is 19.4. The number of nitrogens with one attached hydrogen (secondary N) is 2. The summed E-state index contributed by atoms with van der Waals surface area (Å²) in [5.74, 6) is -0.989. The molecule has 2 rings (SSSR count). The van der Waals surface area contributed by atoms with Gasteiger partial charge < -0.3 is 4.74 Å². The van der Waals surface area contributed by atoms with Crippen LogP contribution in [-0.4, -0.2) is 17.9 Å². The Balaban J connectivity index is 1.97. The molecule has 0 heterocycles. The molecule has 0 aliphatic carbocycles. The third-order valence-corrected chi connectivity index (χ3v) is 3.97. The highest BCUT2D eigenvalue weighted by atomic mass is 19.1. The molecule has 0 saturated heterocycles. The summed E-state index contributed by atoms with van der Waals surface area (Å²) >= 11 is 0. The van der Waals surface area contributed by atoms with Crippen molar-refractivity contribution in [1.82, 2.24) is 10.9 Å². The first-order valence-electron chi connectivity index (χ1n) is 8.41. The molecule has 0 aromatic heterocycles. The van der Waals surface area contributed by atoms with Gasteiger partial charge in [-0.2, -0.15) is 0 Å². The van der Waals surface area contributed by atoms with Crippen molar-refractivity contribution in [1.29, 1.82) is 0 Å². The van der Waals surface area contributed by atoms with E-state index in [0.29, 0.717) is 11.7 Å². The van der Waals surface area contributed by atoms with E-state index in [4.69, 9.17) is 4.74 Å². The summed E-state index contributed by atoms with van der Waals surface area (Å²) in [5, 5.41) is 0. The molecular formula is C20H23FN2O3. The highest BCUT2D eigenvalue weighted by Crippen LogP contribution is 2.25. The molecule has 26 heavy (non-hydrogen) atoms. The number of hydrogen-bond acceptors (Lipinski definition) is 3. The standard InChI is InChI=1S/C20H23FN2O3/c1-12(2)15-10-9-13(3)18(11-15)26-14(4)19(24)22-23-20(25)16-7-5-6-8-17(16)21/h5-12,14H,1-4H3,(H,22,24)(H,23,25). The smallest absolute Gasteiger partial charge is 0.279 e. The molecule has 2 N–H and O–H groups in total. The predicted molar refractivity (Wildman–Crippen MR) is 97.4 cm³/mol. The van der Waals surface area contributed by atoms with Gasteiger partial charge in [0.1, 0.15) is 11.6 Å². The molecule has 2 amide bonds. The van der Waals surface area contributed by atoms with Gasteiger partial charge in [-0.25, -0.2) is 4.39 Å². The Bertz CT molecular complexity index is 805. The molecule has 5 nitrogen and oxygen atoms in total. The van der Waals surface area contributed by atoms with Crippen LogP contribution < -0.4 is 15.6 Å². The van der Waals surface area contributed by atoms with E-state index in [2.05, 4.69) is 24.7 Å². The molecule has 0 radical (unpaired) electrons. The summed E-state index contributed by atoms with van der Waals surface area (Å²) in [6, 6.07) is 11.4. The number of carbonyl (C=O) groups is 2. The second-order valence-corrected chi connectivity index (χ2v) is 6.36. The van der Waals surface area contributed by atoms with Crippen molar-refractivity contribution in [2.24, 2.45) is 0 Å². The zero-order valence-electron chi connectivity index (χ0n) is 15.3. The van der Waals surface area contributed by atoms with Crippen molar-refractivity contribution in [3.8, 4) is 5.75 Å². The Labute approximate surface area is 152 Å². The fraction of sp³-hybridized carbons (Fsp3) is 0.300. The van der Waals surface area contributed by atoms with Crippen molar-refractivity contribution < 1.29 is 18.7 Å². The molecular weight excluding hydrogens is 335 g/mol. The number of ether oxygens (including phenoxy) is 1. The lowest BCUT2D eigenvalue weighted by molar-refractivity contribution is -0.128. The van der Waals surface area contributed by atoms with Crippen LogP contribution in [-0.2, 0) is 4.79 Å². The van der Waals surface area contributed by atoms with Crippen molar-refractivity contribution in [3.05, 3.63) is 65.0 Å². The quantitative estimate of drug-likeness (QED) is 0.804. The summed E-state index contributed by atoms with van der Waals surface area (Å²) in [5.41, 5.74) is 6.31. The molecule has 1 unspecified atom stereocenters. The zero-order valence-corrected chi connectivity index (χ0v) is 15.3. The lowest BCUT2D eigenvalue weighted by Gasteiger charge is -2.18. The van der Waals surface area contributed by atoms with E-state index in [-0.39, 0.29) is 5.56 Å². The number of rotatable bonds is 5. The van der Waals surface area contributed by atoms with E-state index in [9.17, 15) is 14.0 Å². The first-order valence-corrected chi connectivity index (χ1v) is 8.41. The number of benzene rings is 2. The number of halogens is 1. The van der Waals surface area contributed by atoms with E-state index < -0.39 is 23.7 Å². The average molecular weight is 358 g/mol. The minimum atomic E-state index is -0.836. The van der Waals surface area contributed by atoms with Gasteiger partial charge in [-0.05, 0) is 49.1 Å². The number of aryl methyl sites for hydroxylation is 1. The van der Waals surface area contributed by atoms with Crippen LogP contribution >= 0.6 is 0 Å². The second kappa shape index (κ2) is 8.47. The third kappa shape index (κ3) is 4.81. The minimum absolute atomic E-state index is 0.151. The molecule has 1 atom stereocenters. The van der Waals surface area contributed by atoms with E-state index >= 15 is 0 Å². The minimum Gasteiger partial charge on any atom is -0.481 e. The van der Waals surface area contributed by atoms with E-state index in [1.807, 2.05) is 25.1 Å². The van der Waals surface area contributed by atoms with E-state index in [1.165, 1.54) is 24.3 Å². The Morgan fingerprint density at radius 2 is 1.73 bits per heavy atom. The molecule has 0 spiro atoms. The van der Waals surface area contributed by atoms with Crippen LogP contribution in [0.4, 0.5) is 4.39 Å². The van der Waals surface area contributed by atoms with Crippen molar-refractivity contribution in [2.45, 2.75) is 39.7 Å². The van der Waals surface area contributed by atoms with Gasteiger partial charge in [0.2, 0.25) is 0 Å². The fourth-order valence-electron chi connectivity index (χ4n) is 2.28. The molecule has 2 aromatic carbocycles. The maximum Gasteiger partial charge on any atom is 0.279 e. The largest absolute Gasteiger partial charge is 0.481 e. The number of amides is 2. The molecule has 6 heteroatoms. The van der Waals surface area contributed by atoms with Crippen molar-refractivity contribution in [3.63, 3.8) is 0 Å². The first-order chi connectivity index (χ1) is 12.3. The molecule has 0 fully saturated rings. The van der Waals surface area contributed by atoms with Gasteiger partial charge in [0.15, 0.2) is 6.10 Å². The van der Waals surface area contributed by atoms with Gasteiger partial charge in [-0.3, -0.25) is 20.4 Å². The Hall–Kier alpha value is -2.89. The lowest BCUT2D eigenvalue weighted by atomic mass is 10.0. The molecule has 0 aliphatic rings. The number of hydrazine groups is 1. The SMILES string of the molecule is Cc1ccc(C(C)C)cc1OC(C)C(=O)NNC(=O)c1ccccc1F. The number of carbonyl (C=O) groups excluding carboxylic acids is 2. The van der Waals surface area contributed by atoms with Crippen LogP contribution in [0.25, 0.3) is 0 Å². The van der Waals surface area contributed by atoms with Gasteiger partial charge in [-0.15, -0.1) is 0 Å². The Kier molecular flexibility index (Phi) is 6.33. The summed E-state index contributed by atoms with van der Waals surface area (Å²) in [4.78, 5) is 24.1. The summed E-state index contributed by atoms with van der Waals surface area (Å²) in [6.07, 6.45) is -0.836. The second-order valence-electron chi connectivity index (χ2n) is 6.36. The molecule has 2 aromatic rings. The maximum atomic E-state index is 13.6. The summed E-state index contributed by atoms with van der Waals surface area (Å²) in [7, 11) is 0. The topological polar surface area (TPSA) is 67.4 Å². The highest BCUT2D eigenvalue weighted by molar-refractivity contribution is 5.95. The van der Waals surface area contributed by atoms with Crippen molar-refractivity contribution >= 4 is 11.8 Å². The predicted octanol–water partition coefficient (Wildman–Crippen LogP) is 3.49. The van der Waals surface area contributed by atoms with Crippen LogP contribution in [0.2, 0.25) is 0 Å². The van der Waals surface area contributed by atoms with E-state index in [1.54, 1.807) is 6.92 Å². The van der Waals surface area contributed by atoms with E-state index in [0.717, 1.165) is 11.1 Å². The molecule has 0 aliphatic heterocycles. The van der Waals surface area contributed by atoms with Crippen LogP contribution in [0, 0.1) is 12.7 Å². The Morgan fingerprint density at radius 1 is 1.04 bits per heavy atom. The van der Waals surface area contributed by atoms with Crippen LogP contribution in [0.15, 0.2) is 42.5 Å². The number of hydrogen-bond donors (Lipinski definition) is 2. The van der Waals surface area contributed by atoms with Crippen LogP contribution in [0.3, 0.4) is 0 Å². The van der Waals surface area contributed by atoms with Crippen LogP contribution in [0.5, 0.6) is 5.75 Å². The fourth-order valence-corrected chi connectivity index (χ4v) is 2.28. The Morgan fingerprint density at radius 3 is 2.38 bits per heavy atom. The van der Waals surface area contributed by atoms with Gasteiger partial charge in [0, 0.05) is 0 Å². The van der Waals surface area contributed by atoms with Crippen molar-refractivity contribution in [2.75, 3.05) is 0 Å². The maximum absolute atomic E-state index is 13.6. The van der Waals surface area contributed by atoms with Gasteiger partial charge in [0.25, 0.3) is 11.8 Å². The molecule has 138 valence electrons. The summed E-state index contributed by atoms with van der Waals surface area (Å²) < 4.78 is 19.3. The lowest BCUT2D eigenvalue weighted by Crippen LogP contribution is -2.47. The third-order valence-electron chi connectivity index (χ3n) is 3.97. The molecule has 0 saturated carbocycles. The van der Waals surface area contributed by atoms with Gasteiger partial charge in [0.05, 0.1) is 5.56 Å². The highest BCUT2D eigenvalue weighted by Gasteiger charge is 2.18. The average Bonchev–Trinajstić information content (AvgIpc) is 2.61. The van der Waals surface area contributed by atoms with Gasteiger partial charge >= 0.3 is 0 Å². The van der Waals surface area contributed by atoms with Crippen LogP contribution in [0.1, 0.15) is 48.2 Å². The zero-order chi connectivity index (χ0) is 19.3. The normalized spacial score (nSPS) is 11.8.